The van der Waals surface area contributed by atoms with Gasteiger partial charge in [-0.15, -0.1) is 0 Å². The lowest BCUT2D eigenvalue weighted by molar-refractivity contribution is 0.0324. The summed E-state index contributed by atoms with van der Waals surface area (Å²) in [6.07, 6.45) is 2.77. The van der Waals surface area contributed by atoms with Crippen LogP contribution in [0.1, 0.15) is 36.5 Å². The molecule has 1 aromatic carbocycles. The number of rotatable bonds is 6. The van der Waals surface area contributed by atoms with E-state index in [4.69, 9.17) is 10.5 Å². The number of hydrogen-bond donors (Lipinski definition) is 2. The largest absolute Gasteiger partial charge is 0.379 e. The van der Waals surface area contributed by atoms with Crippen molar-refractivity contribution in [1.29, 1.82) is 0 Å². The van der Waals surface area contributed by atoms with Crippen LogP contribution in [0.2, 0.25) is 0 Å². The molecule has 3 rings (SSSR count). The highest BCUT2D eigenvalue weighted by molar-refractivity contribution is 5.94. The van der Waals surface area contributed by atoms with E-state index in [1.807, 2.05) is 47.1 Å². The van der Waals surface area contributed by atoms with Gasteiger partial charge in [0.2, 0.25) is 0 Å². The van der Waals surface area contributed by atoms with Gasteiger partial charge in [-0.3, -0.25) is 4.79 Å². The maximum Gasteiger partial charge on any atom is 0.317 e. The first-order chi connectivity index (χ1) is 13.6. The Bertz CT molecular complexity index is 654. The predicted molar refractivity (Wildman–Crippen MR) is 108 cm³/mol. The monoisotopic (exact) mass is 388 g/mol. The van der Waals surface area contributed by atoms with Crippen LogP contribution in [0, 0.1) is 5.92 Å². The van der Waals surface area contributed by atoms with Gasteiger partial charge in [0.05, 0.1) is 19.3 Å². The van der Waals surface area contributed by atoms with E-state index in [2.05, 4.69) is 5.32 Å². The summed E-state index contributed by atoms with van der Waals surface area (Å²) < 4.78 is 5.98. The van der Waals surface area contributed by atoms with Gasteiger partial charge in [-0.05, 0) is 38.3 Å². The Balaban J connectivity index is 1.46. The molecule has 0 spiro atoms. The van der Waals surface area contributed by atoms with Gasteiger partial charge < -0.3 is 25.6 Å². The van der Waals surface area contributed by atoms with E-state index < -0.39 is 0 Å². The van der Waals surface area contributed by atoms with E-state index in [1.165, 1.54) is 0 Å². The lowest BCUT2D eigenvalue weighted by Gasteiger charge is -2.39. The molecular weight excluding hydrogens is 356 g/mol. The normalized spacial score (nSPS) is 25.0. The third-order valence-electron chi connectivity index (χ3n) is 5.66. The summed E-state index contributed by atoms with van der Waals surface area (Å²) in [6.45, 7) is 5.74. The van der Waals surface area contributed by atoms with Crippen molar-refractivity contribution >= 4 is 11.9 Å². The molecule has 28 heavy (non-hydrogen) atoms. The van der Waals surface area contributed by atoms with Gasteiger partial charge in [0.15, 0.2) is 0 Å². The maximum absolute atomic E-state index is 12.6. The zero-order valence-electron chi connectivity index (χ0n) is 16.7. The molecule has 0 radical (unpaired) electrons. The molecule has 0 saturated carbocycles. The lowest BCUT2D eigenvalue weighted by atomic mass is 9.98. The van der Waals surface area contributed by atoms with Crippen molar-refractivity contribution in [2.24, 2.45) is 11.7 Å². The number of piperidine rings is 1. The standard InChI is InChI=1S/C21H32N4O3/c1-2-23-21(27)25-11-6-9-18(22)19(25)15-28-14-16-10-12-24(13-16)20(26)17-7-4-3-5-8-17/h3-5,7-8,16,18-19H,2,6,9-15,22H2,1H3,(H,23,27)/t16?,18-,19-/m0/s1. The zero-order chi connectivity index (χ0) is 19.9. The number of nitrogens with one attached hydrogen (secondary N) is 1. The van der Waals surface area contributed by atoms with E-state index in [1.54, 1.807) is 0 Å². The summed E-state index contributed by atoms with van der Waals surface area (Å²) in [5.74, 6) is 0.408. The fraction of sp³-hybridized carbons (Fsp3) is 0.619. The van der Waals surface area contributed by atoms with Gasteiger partial charge in [0.25, 0.3) is 5.91 Å². The highest BCUT2D eigenvalue weighted by atomic mass is 16.5. The van der Waals surface area contributed by atoms with Gasteiger partial charge in [-0.25, -0.2) is 4.79 Å². The molecule has 0 aromatic heterocycles. The number of benzene rings is 1. The molecule has 1 aromatic rings. The topological polar surface area (TPSA) is 87.9 Å². The van der Waals surface area contributed by atoms with Gasteiger partial charge in [0.1, 0.15) is 0 Å². The molecule has 3 amide bonds. The minimum Gasteiger partial charge on any atom is -0.379 e. The minimum absolute atomic E-state index is 0.0592. The number of carbonyl (C=O) groups excluding carboxylic acids is 2. The molecule has 0 aliphatic carbocycles. The Kier molecular flexibility index (Phi) is 7.28. The Morgan fingerprint density at radius 2 is 1.96 bits per heavy atom. The molecule has 1 unspecified atom stereocenters. The van der Waals surface area contributed by atoms with Gasteiger partial charge in [-0.1, -0.05) is 18.2 Å². The number of urea groups is 1. The summed E-state index contributed by atoms with van der Waals surface area (Å²) in [4.78, 5) is 28.6. The van der Waals surface area contributed by atoms with Crippen LogP contribution in [0.4, 0.5) is 4.79 Å². The first-order valence-electron chi connectivity index (χ1n) is 10.3. The molecule has 154 valence electrons. The van der Waals surface area contributed by atoms with Crippen LogP contribution in [0.15, 0.2) is 30.3 Å². The second-order valence-corrected chi connectivity index (χ2v) is 7.71. The SMILES string of the molecule is CCNC(=O)N1CCC[C@H](N)[C@@H]1COCC1CCN(C(=O)c2ccccc2)C1. The van der Waals surface area contributed by atoms with Crippen LogP contribution < -0.4 is 11.1 Å². The molecule has 3 N–H and O–H groups in total. The van der Waals surface area contributed by atoms with Crippen molar-refractivity contribution in [3.63, 3.8) is 0 Å². The quantitative estimate of drug-likeness (QED) is 0.776. The second-order valence-electron chi connectivity index (χ2n) is 7.71. The van der Waals surface area contributed by atoms with Crippen molar-refractivity contribution in [2.75, 3.05) is 39.4 Å². The summed E-state index contributed by atoms with van der Waals surface area (Å²) in [6, 6.07) is 9.18. The average Bonchev–Trinajstić information content (AvgIpc) is 3.18. The number of ether oxygens (including phenoxy) is 1. The Labute approximate surface area is 167 Å². The zero-order valence-corrected chi connectivity index (χ0v) is 16.7. The van der Waals surface area contributed by atoms with Gasteiger partial charge >= 0.3 is 6.03 Å². The average molecular weight is 389 g/mol. The maximum atomic E-state index is 12.6. The number of hydrogen-bond acceptors (Lipinski definition) is 4. The fourth-order valence-corrected chi connectivity index (χ4v) is 4.08. The van der Waals surface area contributed by atoms with Gasteiger partial charge in [-0.2, -0.15) is 0 Å². The van der Waals surface area contributed by atoms with Crippen LogP contribution in [-0.4, -0.2) is 73.2 Å². The smallest absolute Gasteiger partial charge is 0.317 e. The number of carbonyl (C=O) groups is 2. The summed E-state index contributed by atoms with van der Waals surface area (Å²) in [5.41, 5.74) is 7.00. The van der Waals surface area contributed by atoms with Crippen LogP contribution in [0.3, 0.4) is 0 Å². The highest BCUT2D eigenvalue weighted by Gasteiger charge is 2.33. The van der Waals surface area contributed by atoms with E-state index in [0.29, 0.717) is 32.2 Å². The number of nitrogens with zero attached hydrogens (tertiary/aromatic N) is 2. The van der Waals surface area contributed by atoms with Crippen molar-refractivity contribution in [3.05, 3.63) is 35.9 Å². The number of nitrogens with two attached hydrogens (primary N) is 1. The molecule has 7 heteroatoms. The van der Waals surface area contributed by atoms with Gasteiger partial charge in [0, 0.05) is 43.7 Å². The van der Waals surface area contributed by atoms with Crippen LogP contribution in [0.5, 0.6) is 0 Å². The van der Waals surface area contributed by atoms with Crippen molar-refractivity contribution in [3.8, 4) is 0 Å². The molecular formula is C21H32N4O3. The van der Waals surface area contributed by atoms with Crippen LogP contribution >= 0.6 is 0 Å². The van der Waals surface area contributed by atoms with E-state index in [9.17, 15) is 9.59 Å². The molecule has 2 fully saturated rings. The molecule has 2 aliphatic heterocycles. The number of amides is 3. The van der Waals surface area contributed by atoms with Crippen LogP contribution in [-0.2, 0) is 4.74 Å². The van der Waals surface area contributed by atoms with E-state index in [0.717, 1.165) is 37.9 Å². The van der Waals surface area contributed by atoms with E-state index >= 15 is 0 Å². The Hall–Kier alpha value is -2.12. The van der Waals surface area contributed by atoms with Crippen molar-refractivity contribution < 1.29 is 14.3 Å². The van der Waals surface area contributed by atoms with Crippen molar-refractivity contribution in [2.45, 2.75) is 38.3 Å². The van der Waals surface area contributed by atoms with E-state index in [-0.39, 0.29) is 24.0 Å². The molecule has 2 heterocycles. The second kappa shape index (κ2) is 9.89. The number of likely N-dealkylation sites (tertiary alicyclic amines) is 2. The third kappa shape index (κ3) is 5.02. The molecule has 7 nitrogen and oxygen atoms in total. The lowest BCUT2D eigenvalue weighted by Crippen LogP contribution is -2.58. The third-order valence-corrected chi connectivity index (χ3v) is 5.66. The molecule has 0 bridgehead atoms. The first-order valence-corrected chi connectivity index (χ1v) is 10.3. The summed E-state index contributed by atoms with van der Waals surface area (Å²) in [7, 11) is 0. The van der Waals surface area contributed by atoms with Crippen LogP contribution in [0.25, 0.3) is 0 Å². The molecule has 2 aliphatic rings. The molecule has 2 saturated heterocycles. The summed E-state index contributed by atoms with van der Waals surface area (Å²) in [5, 5.41) is 2.86. The van der Waals surface area contributed by atoms with Crippen molar-refractivity contribution in [1.82, 2.24) is 15.1 Å². The fourth-order valence-electron chi connectivity index (χ4n) is 4.08. The highest BCUT2D eigenvalue weighted by Crippen LogP contribution is 2.21. The Morgan fingerprint density at radius 1 is 1.18 bits per heavy atom. The molecule has 3 atom stereocenters. The summed E-state index contributed by atoms with van der Waals surface area (Å²) >= 11 is 0. The first kappa shape index (κ1) is 20.6. The predicted octanol–water partition coefficient (Wildman–Crippen LogP) is 1.69. The Morgan fingerprint density at radius 3 is 2.71 bits per heavy atom. The minimum atomic E-state index is -0.0937.